The van der Waals surface area contributed by atoms with Gasteiger partial charge in [-0.25, -0.2) is 0 Å². The lowest BCUT2D eigenvalue weighted by Crippen LogP contribution is -2.15. The molecule has 0 radical (unpaired) electrons. The Bertz CT molecular complexity index is 642. The lowest BCUT2D eigenvalue weighted by atomic mass is 10.2. The predicted octanol–water partition coefficient (Wildman–Crippen LogP) is 3.66. The summed E-state index contributed by atoms with van der Waals surface area (Å²) >= 11 is 3.33. The van der Waals surface area contributed by atoms with Gasteiger partial charge in [0.15, 0.2) is 0 Å². The van der Waals surface area contributed by atoms with E-state index in [1.54, 1.807) is 42.5 Å². The van der Waals surface area contributed by atoms with Crippen molar-refractivity contribution in [3.05, 3.63) is 58.6 Å². The molecule has 0 aliphatic heterocycles. The largest absolute Gasteiger partial charge is 0.324 e. The van der Waals surface area contributed by atoms with Crippen molar-refractivity contribution in [3.8, 4) is 0 Å². The average Bonchev–Trinajstić information content (AvgIpc) is 2.42. The maximum absolute atomic E-state index is 12.1. The molecule has 2 aromatic carbocycles. The van der Waals surface area contributed by atoms with Crippen molar-refractivity contribution in [1.29, 1.82) is 0 Å². The molecule has 102 valence electrons. The first kappa shape index (κ1) is 14.3. The van der Waals surface area contributed by atoms with Gasteiger partial charge in [0.25, 0.3) is 5.91 Å². The van der Waals surface area contributed by atoms with Crippen LogP contribution in [-0.4, -0.2) is 11.8 Å². The van der Waals surface area contributed by atoms with Crippen molar-refractivity contribution in [2.75, 3.05) is 10.6 Å². The number of benzene rings is 2. The van der Waals surface area contributed by atoms with E-state index in [-0.39, 0.29) is 11.8 Å². The Hall–Kier alpha value is -2.14. The highest BCUT2D eigenvalue weighted by atomic mass is 79.9. The Morgan fingerprint density at radius 1 is 0.950 bits per heavy atom. The molecule has 0 fully saturated rings. The number of hydrogen-bond acceptors (Lipinski definition) is 2. The van der Waals surface area contributed by atoms with E-state index in [9.17, 15) is 9.59 Å². The third kappa shape index (κ3) is 3.68. The van der Waals surface area contributed by atoms with Crippen LogP contribution in [-0.2, 0) is 4.79 Å². The molecule has 5 heteroatoms. The normalized spacial score (nSPS) is 9.90. The van der Waals surface area contributed by atoms with Crippen molar-refractivity contribution in [1.82, 2.24) is 0 Å². The van der Waals surface area contributed by atoms with E-state index < -0.39 is 0 Å². The minimum atomic E-state index is -0.223. The number of amides is 2. The zero-order valence-corrected chi connectivity index (χ0v) is 12.4. The predicted molar refractivity (Wildman–Crippen MR) is 82.8 cm³/mol. The zero-order chi connectivity index (χ0) is 14.5. The fraction of sp³-hybridized carbons (Fsp3) is 0.0667. The summed E-state index contributed by atoms with van der Waals surface area (Å²) in [7, 11) is 0. The Morgan fingerprint density at radius 2 is 1.65 bits per heavy atom. The molecule has 2 aromatic rings. The molecule has 0 saturated carbocycles. The molecule has 0 aliphatic carbocycles. The molecule has 0 bridgehead atoms. The van der Waals surface area contributed by atoms with Crippen molar-refractivity contribution < 1.29 is 9.59 Å². The smallest absolute Gasteiger partial charge is 0.255 e. The lowest BCUT2D eigenvalue weighted by molar-refractivity contribution is -0.114. The third-order valence-corrected chi connectivity index (χ3v) is 3.07. The highest BCUT2D eigenvalue weighted by Gasteiger charge is 2.10. The molecular formula is C15H13BrN2O2. The maximum Gasteiger partial charge on any atom is 0.255 e. The van der Waals surface area contributed by atoms with Gasteiger partial charge < -0.3 is 10.6 Å². The molecule has 2 N–H and O–H groups in total. The van der Waals surface area contributed by atoms with Gasteiger partial charge in [0.05, 0.1) is 11.4 Å². The molecule has 20 heavy (non-hydrogen) atoms. The monoisotopic (exact) mass is 332 g/mol. The van der Waals surface area contributed by atoms with E-state index in [0.29, 0.717) is 16.9 Å². The summed E-state index contributed by atoms with van der Waals surface area (Å²) in [5.74, 6) is -0.419. The van der Waals surface area contributed by atoms with Crippen LogP contribution in [0.1, 0.15) is 17.3 Å². The summed E-state index contributed by atoms with van der Waals surface area (Å²) in [4.78, 5) is 23.3. The van der Waals surface area contributed by atoms with Gasteiger partial charge in [-0.2, -0.15) is 0 Å². The van der Waals surface area contributed by atoms with Gasteiger partial charge in [-0.15, -0.1) is 0 Å². The zero-order valence-electron chi connectivity index (χ0n) is 10.8. The fourth-order valence-electron chi connectivity index (χ4n) is 1.70. The Labute approximate surface area is 125 Å². The summed E-state index contributed by atoms with van der Waals surface area (Å²) in [6.07, 6.45) is 0. The molecule has 0 unspecified atom stereocenters. The van der Waals surface area contributed by atoms with Crippen LogP contribution >= 0.6 is 15.9 Å². The first-order valence-electron chi connectivity index (χ1n) is 6.00. The third-order valence-electron chi connectivity index (χ3n) is 2.58. The van der Waals surface area contributed by atoms with E-state index in [4.69, 9.17) is 0 Å². The van der Waals surface area contributed by atoms with Crippen LogP contribution in [0.15, 0.2) is 53.0 Å². The maximum atomic E-state index is 12.1. The number of nitrogens with one attached hydrogen (secondary N) is 2. The summed E-state index contributed by atoms with van der Waals surface area (Å²) < 4.78 is 0.818. The van der Waals surface area contributed by atoms with Crippen molar-refractivity contribution in [2.45, 2.75) is 6.92 Å². The van der Waals surface area contributed by atoms with Gasteiger partial charge >= 0.3 is 0 Å². The van der Waals surface area contributed by atoms with Crippen LogP contribution in [0.4, 0.5) is 11.4 Å². The van der Waals surface area contributed by atoms with E-state index in [0.717, 1.165) is 4.47 Å². The summed E-state index contributed by atoms with van der Waals surface area (Å²) in [5.41, 5.74) is 1.66. The van der Waals surface area contributed by atoms with Crippen LogP contribution in [0, 0.1) is 0 Å². The van der Waals surface area contributed by atoms with E-state index >= 15 is 0 Å². The van der Waals surface area contributed by atoms with Gasteiger partial charge in [0, 0.05) is 17.0 Å². The summed E-state index contributed by atoms with van der Waals surface area (Å²) in [5, 5.41) is 5.47. The molecular weight excluding hydrogens is 320 g/mol. The minimum Gasteiger partial charge on any atom is -0.324 e. The average molecular weight is 333 g/mol. The second kappa shape index (κ2) is 6.34. The van der Waals surface area contributed by atoms with Crippen LogP contribution in [0.25, 0.3) is 0 Å². The van der Waals surface area contributed by atoms with Crippen LogP contribution in [0.5, 0.6) is 0 Å². The van der Waals surface area contributed by atoms with E-state index in [1.807, 2.05) is 6.07 Å². The van der Waals surface area contributed by atoms with Crippen molar-refractivity contribution in [2.24, 2.45) is 0 Å². The van der Waals surface area contributed by atoms with Crippen LogP contribution in [0.2, 0.25) is 0 Å². The highest BCUT2D eigenvalue weighted by Crippen LogP contribution is 2.26. The first-order chi connectivity index (χ1) is 9.56. The SMILES string of the molecule is CC(=O)Nc1cc(Br)ccc1NC(=O)c1ccccc1. The number of halogens is 1. The van der Waals surface area contributed by atoms with Gasteiger partial charge in [-0.05, 0) is 30.3 Å². The molecule has 2 rings (SSSR count). The van der Waals surface area contributed by atoms with Gasteiger partial charge in [0.1, 0.15) is 0 Å². The topological polar surface area (TPSA) is 58.2 Å². The number of anilines is 2. The van der Waals surface area contributed by atoms with Gasteiger partial charge in [0.2, 0.25) is 5.91 Å². The summed E-state index contributed by atoms with van der Waals surface area (Å²) in [6.45, 7) is 1.42. The first-order valence-corrected chi connectivity index (χ1v) is 6.79. The molecule has 0 aromatic heterocycles. The van der Waals surface area contributed by atoms with Gasteiger partial charge in [-0.3, -0.25) is 9.59 Å². The van der Waals surface area contributed by atoms with E-state index in [1.165, 1.54) is 6.92 Å². The minimum absolute atomic E-state index is 0.196. The van der Waals surface area contributed by atoms with E-state index in [2.05, 4.69) is 26.6 Å². The molecule has 0 atom stereocenters. The number of carbonyl (C=O) groups excluding carboxylic acids is 2. The number of carbonyl (C=O) groups is 2. The van der Waals surface area contributed by atoms with Crippen LogP contribution < -0.4 is 10.6 Å². The molecule has 0 saturated heterocycles. The Morgan fingerprint density at radius 3 is 2.30 bits per heavy atom. The molecule has 4 nitrogen and oxygen atoms in total. The molecule has 0 spiro atoms. The molecule has 2 amide bonds. The number of rotatable bonds is 3. The second-order valence-corrected chi connectivity index (χ2v) is 5.11. The number of hydrogen-bond donors (Lipinski definition) is 2. The van der Waals surface area contributed by atoms with Gasteiger partial charge in [-0.1, -0.05) is 34.1 Å². The van der Waals surface area contributed by atoms with Crippen LogP contribution in [0.3, 0.4) is 0 Å². The Balaban J connectivity index is 2.25. The summed E-state index contributed by atoms with van der Waals surface area (Å²) in [6, 6.07) is 14.2. The molecule has 0 heterocycles. The fourth-order valence-corrected chi connectivity index (χ4v) is 2.06. The quantitative estimate of drug-likeness (QED) is 0.901. The highest BCUT2D eigenvalue weighted by molar-refractivity contribution is 9.10. The van der Waals surface area contributed by atoms with Crippen molar-refractivity contribution in [3.63, 3.8) is 0 Å². The second-order valence-electron chi connectivity index (χ2n) is 4.19. The Kier molecular flexibility index (Phi) is 4.53. The molecule has 0 aliphatic rings. The standard InChI is InChI=1S/C15H13BrN2O2/c1-10(19)17-14-9-12(16)7-8-13(14)18-15(20)11-5-3-2-4-6-11/h2-9H,1H3,(H,17,19)(H,18,20). The van der Waals surface area contributed by atoms with Crippen molar-refractivity contribution >= 4 is 39.1 Å². The lowest BCUT2D eigenvalue weighted by Gasteiger charge is -2.12.